The zero-order valence-electron chi connectivity index (χ0n) is 12.5. The van der Waals surface area contributed by atoms with Crippen LogP contribution in [0.1, 0.15) is 27.7 Å². The highest BCUT2D eigenvalue weighted by molar-refractivity contribution is 5.92. The molecule has 5 heteroatoms. The van der Waals surface area contributed by atoms with Crippen molar-refractivity contribution in [1.82, 2.24) is 10.3 Å². The van der Waals surface area contributed by atoms with E-state index in [4.69, 9.17) is 0 Å². The molecule has 1 aromatic carbocycles. The molecular formula is C17H19N3O2. The van der Waals surface area contributed by atoms with Gasteiger partial charge in [-0.25, -0.2) is 0 Å². The Morgan fingerprint density at radius 2 is 2.27 bits per heavy atom. The van der Waals surface area contributed by atoms with Crippen LogP contribution in [0.5, 0.6) is 0 Å². The van der Waals surface area contributed by atoms with Gasteiger partial charge in [0.2, 0.25) is 0 Å². The van der Waals surface area contributed by atoms with Crippen molar-refractivity contribution in [3.05, 3.63) is 59.4 Å². The van der Waals surface area contributed by atoms with Crippen molar-refractivity contribution in [3.8, 4) is 0 Å². The van der Waals surface area contributed by atoms with E-state index in [1.54, 1.807) is 24.4 Å². The number of hydrogen-bond donors (Lipinski definition) is 2. The molecule has 0 spiro atoms. The van der Waals surface area contributed by atoms with E-state index in [0.29, 0.717) is 5.69 Å². The van der Waals surface area contributed by atoms with Gasteiger partial charge in [-0.1, -0.05) is 18.2 Å². The molecule has 1 aliphatic rings. The van der Waals surface area contributed by atoms with E-state index in [9.17, 15) is 9.90 Å². The Balaban J connectivity index is 1.63. The SMILES string of the molecule is CN1CCc2cc(C(O)CNC(=O)c3ccccn3)ccc21. The van der Waals surface area contributed by atoms with E-state index in [1.165, 1.54) is 11.3 Å². The van der Waals surface area contributed by atoms with Crippen molar-refractivity contribution in [3.63, 3.8) is 0 Å². The summed E-state index contributed by atoms with van der Waals surface area (Å²) >= 11 is 0. The Kier molecular flexibility index (Phi) is 4.06. The van der Waals surface area contributed by atoms with Crippen LogP contribution in [0.4, 0.5) is 5.69 Å². The number of nitrogens with one attached hydrogen (secondary N) is 1. The van der Waals surface area contributed by atoms with E-state index >= 15 is 0 Å². The second-order valence-corrected chi connectivity index (χ2v) is 5.50. The Morgan fingerprint density at radius 3 is 3.05 bits per heavy atom. The molecule has 5 nitrogen and oxygen atoms in total. The van der Waals surface area contributed by atoms with Gasteiger partial charge in [0.05, 0.1) is 6.10 Å². The minimum absolute atomic E-state index is 0.171. The van der Waals surface area contributed by atoms with Crippen LogP contribution in [0.25, 0.3) is 0 Å². The number of anilines is 1. The molecule has 2 heterocycles. The van der Waals surface area contributed by atoms with Crippen molar-refractivity contribution >= 4 is 11.6 Å². The number of fused-ring (bicyclic) bond motifs is 1. The minimum Gasteiger partial charge on any atom is -0.387 e. The second kappa shape index (κ2) is 6.15. The summed E-state index contributed by atoms with van der Waals surface area (Å²) in [6, 6.07) is 11.1. The molecular weight excluding hydrogens is 278 g/mol. The maximum atomic E-state index is 11.9. The molecule has 1 aromatic heterocycles. The maximum absolute atomic E-state index is 11.9. The van der Waals surface area contributed by atoms with Crippen molar-refractivity contribution in [2.24, 2.45) is 0 Å². The number of pyridine rings is 1. The number of aromatic nitrogens is 1. The Morgan fingerprint density at radius 1 is 1.41 bits per heavy atom. The van der Waals surface area contributed by atoms with Gasteiger partial charge in [0.1, 0.15) is 5.69 Å². The molecule has 0 saturated carbocycles. The van der Waals surface area contributed by atoms with E-state index in [0.717, 1.165) is 18.5 Å². The average molecular weight is 297 g/mol. The van der Waals surface area contributed by atoms with E-state index in [1.807, 2.05) is 18.2 Å². The summed E-state index contributed by atoms with van der Waals surface area (Å²) in [5.41, 5.74) is 3.64. The van der Waals surface area contributed by atoms with Gasteiger partial charge in [-0.2, -0.15) is 0 Å². The lowest BCUT2D eigenvalue weighted by Gasteiger charge is -2.15. The van der Waals surface area contributed by atoms with Crippen LogP contribution in [-0.4, -0.2) is 36.1 Å². The fourth-order valence-corrected chi connectivity index (χ4v) is 2.69. The third-order valence-corrected chi connectivity index (χ3v) is 3.97. The van der Waals surface area contributed by atoms with Crippen LogP contribution < -0.4 is 10.2 Å². The Hall–Kier alpha value is -2.40. The Bertz CT molecular complexity index is 673. The highest BCUT2D eigenvalue weighted by Crippen LogP contribution is 2.29. The number of likely N-dealkylation sites (N-methyl/N-ethyl adjacent to an activating group) is 1. The predicted octanol–water partition coefficient (Wildman–Crippen LogP) is 1.54. The van der Waals surface area contributed by atoms with Crippen LogP contribution in [-0.2, 0) is 6.42 Å². The molecule has 1 unspecified atom stereocenters. The molecule has 114 valence electrons. The van der Waals surface area contributed by atoms with Crippen LogP contribution >= 0.6 is 0 Å². The first-order valence-electron chi connectivity index (χ1n) is 7.36. The second-order valence-electron chi connectivity index (χ2n) is 5.50. The number of aliphatic hydroxyl groups excluding tert-OH is 1. The zero-order chi connectivity index (χ0) is 15.5. The van der Waals surface area contributed by atoms with Gasteiger partial charge in [0, 0.05) is 32.0 Å². The third-order valence-electron chi connectivity index (χ3n) is 3.97. The summed E-state index contributed by atoms with van der Waals surface area (Å²) in [6.45, 7) is 1.18. The Labute approximate surface area is 129 Å². The molecule has 2 aromatic rings. The molecule has 22 heavy (non-hydrogen) atoms. The summed E-state index contributed by atoms with van der Waals surface area (Å²) in [4.78, 5) is 18.1. The molecule has 0 bridgehead atoms. The lowest BCUT2D eigenvalue weighted by molar-refractivity contribution is 0.0911. The summed E-state index contributed by atoms with van der Waals surface area (Å²) in [5.74, 6) is -0.277. The molecule has 0 fully saturated rings. The number of carbonyl (C=O) groups is 1. The fraction of sp³-hybridized carbons (Fsp3) is 0.294. The summed E-state index contributed by atoms with van der Waals surface area (Å²) in [7, 11) is 2.06. The standard InChI is InChI=1S/C17H19N3O2/c1-20-9-7-12-10-13(5-6-15(12)20)16(21)11-19-17(22)14-4-2-3-8-18-14/h2-6,8,10,16,21H,7,9,11H2,1H3,(H,19,22). The quantitative estimate of drug-likeness (QED) is 0.898. The van der Waals surface area contributed by atoms with E-state index in [2.05, 4.69) is 22.2 Å². The molecule has 1 atom stereocenters. The van der Waals surface area contributed by atoms with Crippen molar-refractivity contribution in [1.29, 1.82) is 0 Å². The van der Waals surface area contributed by atoms with Gasteiger partial charge in [-0.3, -0.25) is 9.78 Å². The molecule has 0 saturated heterocycles. The third kappa shape index (κ3) is 2.94. The van der Waals surface area contributed by atoms with Gasteiger partial charge in [-0.15, -0.1) is 0 Å². The van der Waals surface area contributed by atoms with Gasteiger partial charge in [0.15, 0.2) is 0 Å². The molecule has 2 N–H and O–H groups in total. The van der Waals surface area contributed by atoms with E-state index < -0.39 is 6.10 Å². The van der Waals surface area contributed by atoms with Gasteiger partial charge < -0.3 is 15.3 Å². The monoisotopic (exact) mass is 297 g/mol. The zero-order valence-corrected chi connectivity index (χ0v) is 12.5. The maximum Gasteiger partial charge on any atom is 0.269 e. The number of amides is 1. The molecule has 0 aliphatic carbocycles. The normalized spacial score (nSPS) is 14.5. The molecule has 0 radical (unpaired) electrons. The molecule has 3 rings (SSSR count). The van der Waals surface area contributed by atoms with Gasteiger partial charge in [-0.05, 0) is 35.7 Å². The highest BCUT2D eigenvalue weighted by atomic mass is 16.3. The van der Waals surface area contributed by atoms with Crippen molar-refractivity contribution < 1.29 is 9.90 Å². The number of carbonyl (C=O) groups excluding carboxylic acids is 1. The number of aliphatic hydroxyl groups is 1. The lowest BCUT2D eigenvalue weighted by Crippen LogP contribution is -2.29. The van der Waals surface area contributed by atoms with Crippen molar-refractivity contribution in [2.75, 3.05) is 25.0 Å². The van der Waals surface area contributed by atoms with Crippen molar-refractivity contribution in [2.45, 2.75) is 12.5 Å². The number of benzene rings is 1. The van der Waals surface area contributed by atoms with Crippen LogP contribution in [0.15, 0.2) is 42.6 Å². The first kappa shape index (κ1) is 14.5. The highest BCUT2D eigenvalue weighted by Gasteiger charge is 2.18. The topological polar surface area (TPSA) is 65.5 Å². The van der Waals surface area contributed by atoms with Gasteiger partial charge in [0.25, 0.3) is 5.91 Å². The van der Waals surface area contributed by atoms with Crippen LogP contribution in [0.2, 0.25) is 0 Å². The smallest absolute Gasteiger partial charge is 0.269 e. The van der Waals surface area contributed by atoms with E-state index in [-0.39, 0.29) is 12.5 Å². The summed E-state index contributed by atoms with van der Waals surface area (Å²) in [5, 5.41) is 13.0. The summed E-state index contributed by atoms with van der Waals surface area (Å²) < 4.78 is 0. The lowest BCUT2D eigenvalue weighted by atomic mass is 10.0. The fourth-order valence-electron chi connectivity index (χ4n) is 2.69. The minimum atomic E-state index is -0.719. The van der Waals surface area contributed by atoms with Gasteiger partial charge >= 0.3 is 0 Å². The first-order valence-corrected chi connectivity index (χ1v) is 7.36. The molecule has 1 aliphatic heterocycles. The van der Waals surface area contributed by atoms with Crippen LogP contribution in [0, 0.1) is 0 Å². The molecule has 1 amide bonds. The first-order chi connectivity index (χ1) is 10.6. The largest absolute Gasteiger partial charge is 0.387 e. The average Bonchev–Trinajstić information content (AvgIpc) is 2.93. The number of nitrogens with zero attached hydrogens (tertiary/aromatic N) is 2. The van der Waals surface area contributed by atoms with Crippen LogP contribution in [0.3, 0.4) is 0 Å². The number of hydrogen-bond acceptors (Lipinski definition) is 4. The predicted molar refractivity (Wildman–Crippen MR) is 84.9 cm³/mol. The number of rotatable bonds is 4. The summed E-state index contributed by atoms with van der Waals surface area (Å²) in [6.07, 6.45) is 1.85.